The summed E-state index contributed by atoms with van der Waals surface area (Å²) in [5, 5.41) is 3.46. The Morgan fingerprint density at radius 2 is 1.48 bits per heavy atom. The molecule has 1 unspecified atom stereocenters. The smallest absolute Gasteiger partial charge is 0.339 e. The molecule has 6 heteroatoms. The zero-order chi connectivity index (χ0) is 18.7. The average molecular weight is 380 g/mol. The molecule has 0 saturated carbocycles. The molecule has 0 saturated heterocycles. The van der Waals surface area contributed by atoms with Crippen molar-refractivity contribution in [3.8, 4) is 0 Å². The second kappa shape index (κ2) is 7.89. The number of anilines is 1. The molecule has 0 spiro atoms. The first-order valence-corrected chi connectivity index (χ1v) is 8.48. The Morgan fingerprint density at radius 1 is 0.960 bits per heavy atom. The van der Waals surface area contributed by atoms with Crippen molar-refractivity contribution in [3.63, 3.8) is 0 Å². The van der Waals surface area contributed by atoms with Gasteiger partial charge in [0.1, 0.15) is 0 Å². The molecule has 132 valence electrons. The zero-order valence-electron chi connectivity index (χ0n) is 14.4. The highest BCUT2D eigenvalue weighted by Crippen LogP contribution is 2.23. The molecular formula is C19H19Cl2NO3. The lowest BCUT2D eigenvalue weighted by atomic mass is 10.0. The van der Waals surface area contributed by atoms with Gasteiger partial charge in [0.15, 0.2) is 6.10 Å². The molecule has 25 heavy (non-hydrogen) atoms. The molecule has 1 atom stereocenters. The molecule has 0 heterocycles. The lowest BCUT2D eigenvalue weighted by Crippen LogP contribution is -2.30. The lowest BCUT2D eigenvalue weighted by Gasteiger charge is -2.17. The van der Waals surface area contributed by atoms with E-state index in [-0.39, 0.29) is 5.56 Å². The van der Waals surface area contributed by atoms with E-state index in [2.05, 4.69) is 5.32 Å². The van der Waals surface area contributed by atoms with Crippen LogP contribution in [0.1, 0.15) is 34.0 Å². The first-order valence-electron chi connectivity index (χ1n) is 7.73. The molecule has 0 aliphatic carbocycles. The molecule has 4 nitrogen and oxygen atoms in total. The van der Waals surface area contributed by atoms with E-state index in [0.29, 0.717) is 10.0 Å². The van der Waals surface area contributed by atoms with E-state index in [1.165, 1.54) is 25.1 Å². The SMILES string of the molecule is Cc1cc(C)c(NC(=O)C(C)OC(=O)c2cc(Cl)cc(Cl)c2)c(C)c1. The molecule has 0 aliphatic rings. The van der Waals surface area contributed by atoms with Gasteiger partial charge in [-0.2, -0.15) is 0 Å². The van der Waals surface area contributed by atoms with Crippen molar-refractivity contribution < 1.29 is 14.3 Å². The topological polar surface area (TPSA) is 55.4 Å². The number of amides is 1. The second-order valence-corrected chi connectivity index (χ2v) is 6.84. The van der Waals surface area contributed by atoms with Crippen molar-refractivity contribution in [3.05, 3.63) is 62.6 Å². The highest BCUT2D eigenvalue weighted by Gasteiger charge is 2.20. The van der Waals surface area contributed by atoms with Gasteiger partial charge >= 0.3 is 5.97 Å². The molecule has 0 aromatic heterocycles. The monoisotopic (exact) mass is 379 g/mol. The molecule has 0 aliphatic heterocycles. The van der Waals surface area contributed by atoms with Crippen LogP contribution < -0.4 is 5.32 Å². The number of carbonyl (C=O) groups excluding carboxylic acids is 2. The first-order chi connectivity index (χ1) is 11.7. The number of ether oxygens (including phenoxy) is 1. The lowest BCUT2D eigenvalue weighted by molar-refractivity contribution is -0.123. The number of nitrogens with one attached hydrogen (secondary N) is 1. The third kappa shape index (κ3) is 4.97. The number of aryl methyl sites for hydroxylation is 3. The van der Waals surface area contributed by atoms with Gasteiger partial charge in [0.2, 0.25) is 0 Å². The van der Waals surface area contributed by atoms with Gasteiger partial charge < -0.3 is 10.1 Å². The van der Waals surface area contributed by atoms with Crippen molar-refractivity contribution in [2.45, 2.75) is 33.8 Å². The third-order valence-electron chi connectivity index (χ3n) is 3.68. The van der Waals surface area contributed by atoms with Gasteiger partial charge in [-0.1, -0.05) is 40.9 Å². The fourth-order valence-corrected chi connectivity index (χ4v) is 3.08. The van der Waals surface area contributed by atoms with Crippen LogP contribution in [-0.2, 0) is 9.53 Å². The van der Waals surface area contributed by atoms with Crippen LogP contribution in [0.15, 0.2) is 30.3 Å². The quantitative estimate of drug-likeness (QED) is 0.751. The van der Waals surface area contributed by atoms with E-state index in [4.69, 9.17) is 27.9 Å². The molecule has 0 radical (unpaired) electrons. The highest BCUT2D eigenvalue weighted by atomic mass is 35.5. The van der Waals surface area contributed by atoms with E-state index in [9.17, 15) is 9.59 Å². The van der Waals surface area contributed by atoms with Crippen LogP contribution in [0.5, 0.6) is 0 Å². The largest absolute Gasteiger partial charge is 0.449 e. The molecular weight excluding hydrogens is 361 g/mol. The summed E-state index contributed by atoms with van der Waals surface area (Å²) < 4.78 is 5.22. The fraction of sp³-hybridized carbons (Fsp3) is 0.263. The number of rotatable bonds is 4. The van der Waals surface area contributed by atoms with Gasteiger partial charge in [-0.15, -0.1) is 0 Å². The molecule has 0 fully saturated rings. The highest BCUT2D eigenvalue weighted by molar-refractivity contribution is 6.35. The van der Waals surface area contributed by atoms with Crippen LogP contribution >= 0.6 is 23.2 Å². The van der Waals surface area contributed by atoms with Crippen molar-refractivity contribution in [1.29, 1.82) is 0 Å². The number of hydrogen-bond acceptors (Lipinski definition) is 3. The van der Waals surface area contributed by atoms with Gasteiger partial charge in [0.05, 0.1) is 5.56 Å². The molecule has 1 N–H and O–H groups in total. The molecule has 1 amide bonds. The van der Waals surface area contributed by atoms with Crippen molar-refractivity contribution >= 4 is 40.8 Å². The minimum Gasteiger partial charge on any atom is -0.449 e. The summed E-state index contributed by atoms with van der Waals surface area (Å²) in [6.07, 6.45) is -0.967. The summed E-state index contributed by atoms with van der Waals surface area (Å²) in [5.74, 6) is -1.07. The van der Waals surface area contributed by atoms with Crippen molar-refractivity contribution in [1.82, 2.24) is 0 Å². The Balaban J connectivity index is 2.09. The zero-order valence-corrected chi connectivity index (χ0v) is 16.0. The third-order valence-corrected chi connectivity index (χ3v) is 4.11. The Hall–Kier alpha value is -2.04. The maximum atomic E-state index is 12.4. The van der Waals surface area contributed by atoms with E-state index < -0.39 is 18.0 Å². The van der Waals surface area contributed by atoms with Gasteiger partial charge in [0, 0.05) is 15.7 Å². The Kier molecular flexibility index (Phi) is 6.09. The molecule has 0 bridgehead atoms. The predicted octanol–water partition coefficient (Wildman–Crippen LogP) is 5.10. The van der Waals surface area contributed by atoms with Gasteiger partial charge in [-0.25, -0.2) is 4.79 Å². The number of hydrogen-bond donors (Lipinski definition) is 1. The number of benzene rings is 2. The fourth-order valence-electron chi connectivity index (χ4n) is 2.56. The Bertz CT molecular complexity index is 790. The van der Waals surface area contributed by atoms with Crippen LogP contribution in [0.3, 0.4) is 0 Å². The number of carbonyl (C=O) groups is 2. The summed E-state index contributed by atoms with van der Waals surface area (Å²) >= 11 is 11.8. The Labute approximate surface area is 157 Å². The van der Waals surface area contributed by atoms with E-state index in [1.54, 1.807) is 0 Å². The minimum absolute atomic E-state index is 0.194. The summed E-state index contributed by atoms with van der Waals surface area (Å²) in [6, 6.07) is 8.35. The summed E-state index contributed by atoms with van der Waals surface area (Å²) in [6.45, 7) is 7.34. The van der Waals surface area contributed by atoms with E-state index in [0.717, 1.165) is 22.4 Å². The van der Waals surface area contributed by atoms with Crippen LogP contribution in [0.4, 0.5) is 5.69 Å². The number of halogens is 2. The van der Waals surface area contributed by atoms with Crippen LogP contribution in [0, 0.1) is 20.8 Å². The summed E-state index contributed by atoms with van der Waals surface area (Å²) in [4.78, 5) is 24.5. The molecule has 2 aromatic carbocycles. The van der Waals surface area contributed by atoms with Crippen LogP contribution in [0.2, 0.25) is 10.0 Å². The summed E-state index contributed by atoms with van der Waals surface area (Å²) in [7, 11) is 0. The van der Waals surface area contributed by atoms with Crippen LogP contribution in [-0.4, -0.2) is 18.0 Å². The minimum atomic E-state index is -0.967. The Morgan fingerprint density at radius 3 is 2.00 bits per heavy atom. The van der Waals surface area contributed by atoms with Gasteiger partial charge in [-0.05, 0) is 57.0 Å². The first kappa shape index (κ1) is 19.3. The van der Waals surface area contributed by atoms with Gasteiger partial charge in [-0.3, -0.25) is 4.79 Å². The van der Waals surface area contributed by atoms with Crippen LogP contribution in [0.25, 0.3) is 0 Å². The standard InChI is InChI=1S/C19H19Cl2NO3/c1-10-5-11(2)17(12(3)6-10)22-18(23)13(4)25-19(24)14-7-15(20)9-16(21)8-14/h5-9,13H,1-4H3,(H,22,23). The average Bonchev–Trinajstić information content (AvgIpc) is 2.49. The molecule has 2 rings (SSSR count). The van der Waals surface area contributed by atoms with Crippen molar-refractivity contribution in [2.24, 2.45) is 0 Å². The van der Waals surface area contributed by atoms with Gasteiger partial charge in [0.25, 0.3) is 5.91 Å². The van der Waals surface area contributed by atoms with Crippen molar-refractivity contribution in [2.75, 3.05) is 5.32 Å². The van der Waals surface area contributed by atoms with E-state index in [1.807, 2.05) is 32.9 Å². The number of esters is 1. The maximum Gasteiger partial charge on any atom is 0.339 e. The normalized spacial score (nSPS) is 11.8. The summed E-state index contributed by atoms with van der Waals surface area (Å²) in [5.41, 5.74) is 3.94. The second-order valence-electron chi connectivity index (χ2n) is 5.97. The predicted molar refractivity (Wildman–Crippen MR) is 101 cm³/mol. The molecule has 2 aromatic rings. The van der Waals surface area contributed by atoms with E-state index >= 15 is 0 Å². The maximum absolute atomic E-state index is 12.4.